The molecule has 2 N–H and O–H groups in total. The van der Waals surface area contributed by atoms with Crippen LogP contribution in [-0.4, -0.2) is 38.4 Å². The Balaban J connectivity index is 2.09. The van der Waals surface area contributed by atoms with E-state index in [0.717, 1.165) is 18.4 Å². The van der Waals surface area contributed by atoms with Crippen LogP contribution in [0.1, 0.15) is 24.0 Å². The lowest BCUT2D eigenvalue weighted by Crippen LogP contribution is -2.57. The Morgan fingerprint density at radius 1 is 1.21 bits per heavy atom. The van der Waals surface area contributed by atoms with Crippen LogP contribution in [0, 0.1) is 0 Å². The highest BCUT2D eigenvalue weighted by Gasteiger charge is 2.48. The number of hydrogen-bond acceptors (Lipinski definition) is 4. The van der Waals surface area contributed by atoms with E-state index in [1.165, 1.54) is 12.1 Å². The van der Waals surface area contributed by atoms with Crippen LogP contribution in [0.2, 0.25) is 0 Å². The third kappa shape index (κ3) is 3.89. The molecule has 2 rings (SSSR count). The monoisotopic (exact) mass is 364 g/mol. The van der Waals surface area contributed by atoms with E-state index >= 15 is 0 Å². The van der Waals surface area contributed by atoms with Crippen molar-refractivity contribution in [1.29, 1.82) is 0 Å². The molecule has 0 atom stereocenters. The smallest absolute Gasteiger partial charge is 0.351 e. The third-order valence-electron chi connectivity index (χ3n) is 4.27. The van der Waals surface area contributed by atoms with Crippen molar-refractivity contribution in [3.63, 3.8) is 0 Å². The van der Waals surface area contributed by atoms with E-state index in [1.54, 1.807) is 0 Å². The fraction of sp³-hybridized carbons (Fsp3) is 0.533. The van der Waals surface area contributed by atoms with E-state index in [0.29, 0.717) is 18.7 Å². The summed E-state index contributed by atoms with van der Waals surface area (Å²) >= 11 is 0. The second-order valence-electron chi connectivity index (χ2n) is 5.89. The van der Waals surface area contributed by atoms with E-state index in [-0.39, 0.29) is 19.4 Å². The van der Waals surface area contributed by atoms with Gasteiger partial charge in [0.1, 0.15) is 0 Å². The fourth-order valence-corrected chi connectivity index (χ4v) is 4.11. The van der Waals surface area contributed by atoms with Crippen molar-refractivity contribution in [2.24, 2.45) is 0 Å². The van der Waals surface area contributed by atoms with Gasteiger partial charge in [0.25, 0.3) is 0 Å². The van der Waals surface area contributed by atoms with Gasteiger partial charge >= 0.3 is 6.18 Å². The van der Waals surface area contributed by atoms with Crippen LogP contribution >= 0.6 is 0 Å². The number of piperidine rings is 1. The van der Waals surface area contributed by atoms with Gasteiger partial charge in [-0.05, 0) is 43.6 Å². The van der Waals surface area contributed by atoms with Crippen molar-refractivity contribution >= 4 is 15.7 Å². The minimum absolute atomic E-state index is 0.0261. The molecule has 1 amide bonds. The minimum Gasteiger partial charge on any atom is -0.351 e. The van der Waals surface area contributed by atoms with E-state index in [9.17, 15) is 26.4 Å². The SMILES string of the molecule is CS(=O)(=O)C1(C(=O)NCc2ccc(C(F)(F)F)cc2)CCNCC1. The van der Waals surface area contributed by atoms with Crippen LogP contribution < -0.4 is 10.6 Å². The van der Waals surface area contributed by atoms with E-state index in [4.69, 9.17) is 0 Å². The number of amides is 1. The molecular formula is C15H19F3N2O3S. The molecule has 1 aliphatic rings. The minimum atomic E-state index is -4.42. The molecule has 1 saturated heterocycles. The van der Waals surface area contributed by atoms with E-state index in [1.807, 2.05) is 0 Å². The normalized spacial score (nSPS) is 18.2. The van der Waals surface area contributed by atoms with Gasteiger partial charge in [-0.1, -0.05) is 12.1 Å². The van der Waals surface area contributed by atoms with Crippen molar-refractivity contribution in [2.45, 2.75) is 30.3 Å². The summed E-state index contributed by atoms with van der Waals surface area (Å²) in [7, 11) is -3.62. The van der Waals surface area contributed by atoms with Crippen LogP contribution in [-0.2, 0) is 27.4 Å². The third-order valence-corrected chi connectivity index (χ3v) is 6.28. The second-order valence-corrected chi connectivity index (χ2v) is 8.22. The average Bonchev–Trinajstić information content (AvgIpc) is 2.51. The number of nitrogens with one attached hydrogen (secondary N) is 2. The molecule has 24 heavy (non-hydrogen) atoms. The van der Waals surface area contributed by atoms with E-state index in [2.05, 4.69) is 10.6 Å². The lowest BCUT2D eigenvalue weighted by atomic mass is 9.95. The zero-order valence-corrected chi connectivity index (χ0v) is 13.9. The van der Waals surface area contributed by atoms with Crippen molar-refractivity contribution < 1.29 is 26.4 Å². The predicted molar refractivity (Wildman–Crippen MR) is 83.0 cm³/mol. The molecule has 0 spiro atoms. The van der Waals surface area contributed by atoms with Crippen molar-refractivity contribution in [2.75, 3.05) is 19.3 Å². The molecule has 1 aliphatic heterocycles. The van der Waals surface area contributed by atoms with Gasteiger partial charge in [0.05, 0.1) is 5.56 Å². The Labute approximate surface area is 138 Å². The highest BCUT2D eigenvalue weighted by molar-refractivity contribution is 7.92. The maximum absolute atomic E-state index is 12.5. The Hall–Kier alpha value is -1.61. The summed E-state index contributed by atoms with van der Waals surface area (Å²) in [5.41, 5.74) is -0.308. The maximum Gasteiger partial charge on any atom is 0.416 e. The van der Waals surface area contributed by atoms with Crippen LogP contribution in [0.3, 0.4) is 0 Å². The summed E-state index contributed by atoms with van der Waals surface area (Å²) in [6.45, 7) is 0.809. The number of carbonyl (C=O) groups is 1. The molecule has 0 saturated carbocycles. The first kappa shape index (κ1) is 18.7. The fourth-order valence-electron chi connectivity index (χ4n) is 2.75. The summed E-state index contributed by atoms with van der Waals surface area (Å²) in [5.74, 6) is -0.605. The molecule has 0 bridgehead atoms. The number of sulfone groups is 1. The van der Waals surface area contributed by atoms with Gasteiger partial charge < -0.3 is 10.6 Å². The van der Waals surface area contributed by atoms with Crippen LogP contribution in [0.4, 0.5) is 13.2 Å². The number of halogens is 3. The van der Waals surface area contributed by atoms with Gasteiger partial charge in [0.15, 0.2) is 14.6 Å². The first-order chi connectivity index (χ1) is 11.1. The maximum atomic E-state index is 12.5. The lowest BCUT2D eigenvalue weighted by Gasteiger charge is -2.34. The second kappa shape index (κ2) is 6.72. The Morgan fingerprint density at radius 2 is 1.75 bits per heavy atom. The first-order valence-corrected chi connectivity index (χ1v) is 9.30. The van der Waals surface area contributed by atoms with Gasteiger partial charge in [-0.3, -0.25) is 4.79 Å². The molecule has 9 heteroatoms. The zero-order valence-electron chi connectivity index (χ0n) is 13.1. The molecule has 134 valence electrons. The molecule has 1 aromatic carbocycles. The van der Waals surface area contributed by atoms with E-state index < -0.39 is 32.2 Å². The molecule has 0 aromatic heterocycles. The van der Waals surface area contributed by atoms with Crippen molar-refractivity contribution in [1.82, 2.24) is 10.6 Å². The lowest BCUT2D eigenvalue weighted by molar-refractivity contribution is -0.137. The number of alkyl halides is 3. The Bertz CT molecular complexity index is 694. The van der Waals surface area contributed by atoms with Gasteiger partial charge in [-0.2, -0.15) is 13.2 Å². The Morgan fingerprint density at radius 3 is 2.21 bits per heavy atom. The summed E-state index contributed by atoms with van der Waals surface area (Å²) < 4.78 is 60.3. The Kier molecular flexibility index (Phi) is 5.24. The molecule has 0 unspecified atom stereocenters. The summed E-state index contributed by atoms with van der Waals surface area (Å²) in [6, 6.07) is 4.38. The van der Waals surface area contributed by atoms with Gasteiger partial charge in [0.2, 0.25) is 5.91 Å². The molecule has 1 fully saturated rings. The summed E-state index contributed by atoms with van der Waals surface area (Å²) in [6.07, 6.45) is -3.04. The van der Waals surface area contributed by atoms with Gasteiger partial charge in [-0.15, -0.1) is 0 Å². The van der Waals surface area contributed by atoms with Crippen molar-refractivity contribution in [3.05, 3.63) is 35.4 Å². The molecule has 1 heterocycles. The summed E-state index contributed by atoms with van der Waals surface area (Å²) in [5, 5.41) is 5.56. The number of benzene rings is 1. The van der Waals surface area contributed by atoms with Gasteiger partial charge in [-0.25, -0.2) is 8.42 Å². The molecule has 1 aromatic rings. The number of rotatable bonds is 4. The summed E-state index contributed by atoms with van der Waals surface area (Å²) in [4.78, 5) is 12.5. The first-order valence-electron chi connectivity index (χ1n) is 7.41. The highest BCUT2D eigenvalue weighted by Crippen LogP contribution is 2.30. The highest BCUT2D eigenvalue weighted by atomic mass is 32.2. The zero-order chi connectivity index (χ0) is 18.0. The van der Waals surface area contributed by atoms with Crippen LogP contribution in [0.5, 0.6) is 0 Å². The van der Waals surface area contributed by atoms with Crippen molar-refractivity contribution in [3.8, 4) is 0 Å². The van der Waals surface area contributed by atoms with Crippen LogP contribution in [0.25, 0.3) is 0 Å². The number of carbonyl (C=O) groups excluding carboxylic acids is 1. The molecule has 5 nitrogen and oxygen atoms in total. The molecule has 0 aliphatic carbocycles. The quantitative estimate of drug-likeness (QED) is 0.849. The van der Waals surface area contributed by atoms with Gasteiger partial charge in [0, 0.05) is 12.8 Å². The predicted octanol–water partition coefficient (Wildman–Crippen LogP) is 1.49. The topological polar surface area (TPSA) is 75.3 Å². The standard InChI is InChI=1S/C15H19F3N2O3S/c1-24(22,23)14(6-8-19-9-7-14)13(21)20-10-11-2-4-12(5-3-11)15(16,17)18/h2-5,19H,6-10H2,1H3,(H,20,21). The number of hydrogen-bond donors (Lipinski definition) is 2. The van der Waals surface area contributed by atoms with Crippen LogP contribution in [0.15, 0.2) is 24.3 Å². The molecule has 0 radical (unpaired) electrons. The average molecular weight is 364 g/mol. The molecular weight excluding hydrogens is 345 g/mol. The largest absolute Gasteiger partial charge is 0.416 e.